The number of rotatable bonds is 6. The molecule has 7 nitrogen and oxygen atoms in total. The Morgan fingerprint density at radius 3 is 2.82 bits per heavy atom. The Bertz CT molecular complexity index is 922. The van der Waals surface area contributed by atoms with Gasteiger partial charge in [0.1, 0.15) is 0 Å². The predicted molar refractivity (Wildman–Crippen MR) is 108 cm³/mol. The number of fused-ring (bicyclic) bond motifs is 1. The molecule has 1 amide bonds. The Kier molecular flexibility index (Phi) is 5.69. The number of aromatic amines is 1. The molecule has 1 fully saturated rings. The molecule has 0 aliphatic heterocycles. The molecule has 1 aromatic carbocycles. The van der Waals surface area contributed by atoms with Crippen LogP contribution in [0.5, 0.6) is 0 Å². The van der Waals surface area contributed by atoms with Gasteiger partial charge in [-0.15, -0.1) is 10.2 Å². The van der Waals surface area contributed by atoms with Crippen LogP contribution in [0.3, 0.4) is 0 Å². The van der Waals surface area contributed by atoms with Crippen LogP contribution in [0, 0.1) is 12.8 Å². The van der Waals surface area contributed by atoms with Crippen LogP contribution >= 0.6 is 0 Å². The normalized spacial score (nSPS) is 15.6. The molecule has 0 bridgehead atoms. The zero-order chi connectivity index (χ0) is 19.3. The van der Waals surface area contributed by atoms with E-state index in [4.69, 9.17) is 0 Å². The highest BCUT2D eigenvalue weighted by Gasteiger charge is 2.19. The minimum Gasteiger partial charge on any atom is -0.352 e. The Hall–Kier alpha value is -2.70. The van der Waals surface area contributed by atoms with E-state index in [0.29, 0.717) is 24.7 Å². The number of amides is 1. The largest absolute Gasteiger partial charge is 0.352 e. The maximum absolute atomic E-state index is 13.0. The van der Waals surface area contributed by atoms with Crippen LogP contribution in [0.4, 0.5) is 0 Å². The Morgan fingerprint density at radius 1 is 1.25 bits per heavy atom. The van der Waals surface area contributed by atoms with E-state index in [1.165, 1.54) is 38.5 Å². The number of H-pyrrole nitrogens is 1. The lowest BCUT2D eigenvalue weighted by Gasteiger charge is -2.14. The van der Waals surface area contributed by atoms with Gasteiger partial charge in [-0.1, -0.05) is 43.0 Å². The van der Waals surface area contributed by atoms with E-state index < -0.39 is 0 Å². The zero-order valence-corrected chi connectivity index (χ0v) is 16.4. The monoisotopic (exact) mass is 380 g/mol. The van der Waals surface area contributed by atoms with Crippen molar-refractivity contribution in [2.24, 2.45) is 5.92 Å². The molecule has 7 heteroatoms. The fraction of sp³-hybridized carbons (Fsp3) is 0.524. The number of carbonyl (C=O) groups is 1. The molecule has 1 aliphatic rings. The Balaban J connectivity index is 1.52. The van der Waals surface area contributed by atoms with E-state index >= 15 is 0 Å². The molecule has 2 aromatic heterocycles. The number of nitrogens with zero attached hydrogens (tertiary/aromatic N) is 4. The first-order valence-electron chi connectivity index (χ1n) is 10.3. The highest BCUT2D eigenvalue weighted by molar-refractivity contribution is 6.08. The van der Waals surface area contributed by atoms with Gasteiger partial charge in [0.25, 0.3) is 5.91 Å². The van der Waals surface area contributed by atoms with Gasteiger partial charge in [-0.2, -0.15) is 5.21 Å². The van der Waals surface area contributed by atoms with E-state index in [1.54, 1.807) is 0 Å². The molecule has 2 N–H and O–H groups in total. The number of tetrazole rings is 1. The second-order valence-electron chi connectivity index (χ2n) is 7.85. The molecule has 1 aliphatic carbocycles. The molecule has 0 atom stereocenters. The van der Waals surface area contributed by atoms with Crippen molar-refractivity contribution in [2.75, 3.05) is 6.54 Å². The number of carbonyl (C=O) groups excluding carboxylic acids is 1. The van der Waals surface area contributed by atoms with Gasteiger partial charge in [0.2, 0.25) is 0 Å². The second kappa shape index (κ2) is 8.54. The van der Waals surface area contributed by atoms with E-state index in [-0.39, 0.29) is 5.91 Å². The fourth-order valence-corrected chi connectivity index (χ4v) is 4.30. The molecule has 1 saturated carbocycles. The first-order valence-corrected chi connectivity index (χ1v) is 10.3. The molecule has 28 heavy (non-hydrogen) atoms. The minimum absolute atomic E-state index is 0.0295. The van der Waals surface area contributed by atoms with Gasteiger partial charge in [0.05, 0.1) is 5.56 Å². The van der Waals surface area contributed by atoms with E-state index in [0.717, 1.165) is 28.6 Å². The highest BCUT2D eigenvalue weighted by atomic mass is 16.1. The number of nitrogens with one attached hydrogen (secondary N) is 2. The van der Waals surface area contributed by atoms with Crippen LogP contribution in [-0.4, -0.2) is 37.6 Å². The summed E-state index contributed by atoms with van der Waals surface area (Å²) >= 11 is 0. The molecule has 0 saturated heterocycles. The summed E-state index contributed by atoms with van der Waals surface area (Å²) in [4.78, 5) is 13.0. The summed E-state index contributed by atoms with van der Waals surface area (Å²) in [7, 11) is 0. The van der Waals surface area contributed by atoms with Crippen molar-refractivity contribution >= 4 is 16.8 Å². The van der Waals surface area contributed by atoms with Crippen LogP contribution in [-0.2, 0) is 13.0 Å². The lowest BCUT2D eigenvalue weighted by atomic mass is 10.00. The molecular weight excluding hydrogens is 352 g/mol. The maximum Gasteiger partial charge on any atom is 0.253 e. The number of aromatic nitrogens is 5. The van der Waals surface area contributed by atoms with Gasteiger partial charge >= 0.3 is 0 Å². The van der Waals surface area contributed by atoms with Gasteiger partial charge in [-0.3, -0.25) is 4.79 Å². The number of benzene rings is 1. The van der Waals surface area contributed by atoms with Crippen molar-refractivity contribution in [3.63, 3.8) is 0 Å². The smallest absolute Gasteiger partial charge is 0.253 e. The third-order valence-electron chi connectivity index (χ3n) is 5.85. The Labute approximate surface area is 164 Å². The number of hydrogen-bond acceptors (Lipinski definition) is 4. The summed E-state index contributed by atoms with van der Waals surface area (Å²) in [5.41, 5.74) is 2.95. The van der Waals surface area contributed by atoms with E-state index in [1.807, 2.05) is 12.3 Å². The van der Waals surface area contributed by atoms with Gasteiger partial charge in [-0.05, 0) is 37.3 Å². The van der Waals surface area contributed by atoms with E-state index in [2.05, 4.69) is 49.6 Å². The number of aryl methyl sites for hydroxylation is 3. The van der Waals surface area contributed by atoms with Crippen LogP contribution in [0.1, 0.15) is 60.3 Å². The first-order chi connectivity index (χ1) is 13.7. The average Bonchev–Trinajstić information content (AvgIpc) is 3.27. The third kappa shape index (κ3) is 4.08. The first kappa shape index (κ1) is 18.7. The molecule has 148 valence electrons. The highest BCUT2D eigenvalue weighted by Crippen LogP contribution is 2.26. The molecule has 0 radical (unpaired) electrons. The topological polar surface area (TPSA) is 88.5 Å². The molecule has 0 unspecified atom stereocenters. The average molecular weight is 380 g/mol. The van der Waals surface area contributed by atoms with Gasteiger partial charge in [0, 0.05) is 36.6 Å². The van der Waals surface area contributed by atoms with Crippen LogP contribution in [0.25, 0.3) is 10.9 Å². The fourth-order valence-electron chi connectivity index (χ4n) is 4.30. The Morgan fingerprint density at radius 2 is 2.07 bits per heavy atom. The van der Waals surface area contributed by atoms with Crippen LogP contribution < -0.4 is 5.32 Å². The summed E-state index contributed by atoms with van der Waals surface area (Å²) in [6, 6.07) is 6.17. The van der Waals surface area contributed by atoms with Gasteiger partial charge in [0.15, 0.2) is 5.82 Å². The summed E-state index contributed by atoms with van der Waals surface area (Å²) in [6.07, 6.45) is 10.3. The lowest BCUT2D eigenvalue weighted by molar-refractivity contribution is 0.0947. The molecule has 2 heterocycles. The summed E-state index contributed by atoms with van der Waals surface area (Å²) in [5.74, 6) is 1.31. The SMILES string of the molecule is Cc1cccc2c1c(C(=O)NCC1CCCCCC1)cn2CCc1nn[nH]n1. The quantitative estimate of drug-likeness (QED) is 0.642. The number of hydrogen-bond donors (Lipinski definition) is 2. The van der Waals surface area contributed by atoms with Crippen LogP contribution in [0.15, 0.2) is 24.4 Å². The van der Waals surface area contributed by atoms with E-state index in [9.17, 15) is 4.79 Å². The maximum atomic E-state index is 13.0. The summed E-state index contributed by atoms with van der Waals surface area (Å²) < 4.78 is 2.12. The second-order valence-corrected chi connectivity index (χ2v) is 7.85. The van der Waals surface area contributed by atoms with Crippen molar-refractivity contribution in [3.05, 3.63) is 41.3 Å². The zero-order valence-electron chi connectivity index (χ0n) is 16.4. The van der Waals surface area contributed by atoms with Crippen molar-refractivity contribution in [2.45, 2.75) is 58.4 Å². The predicted octanol–water partition coefficient (Wildman–Crippen LogP) is 3.41. The lowest BCUT2D eigenvalue weighted by Crippen LogP contribution is -2.29. The van der Waals surface area contributed by atoms with Crippen molar-refractivity contribution in [3.8, 4) is 0 Å². The molecule has 3 aromatic rings. The molecule has 4 rings (SSSR count). The molecular formula is C21H28N6O. The molecule has 0 spiro atoms. The van der Waals surface area contributed by atoms with Crippen molar-refractivity contribution in [1.82, 2.24) is 30.5 Å². The summed E-state index contributed by atoms with van der Waals surface area (Å²) in [5, 5.41) is 18.4. The van der Waals surface area contributed by atoms with Gasteiger partial charge in [-0.25, -0.2) is 0 Å². The standard InChI is InChI=1S/C21H28N6O/c1-15-7-6-10-18-20(15)17(14-27(18)12-11-19-23-25-26-24-19)21(28)22-13-16-8-4-2-3-5-9-16/h6-7,10,14,16H,2-5,8-9,11-13H2,1H3,(H,22,28)(H,23,24,25,26). The van der Waals surface area contributed by atoms with Crippen LogP contribution in [0.2, 0.25) is 0 Å². The van der Waals surface area contributed by atoms with Gasteiger partial charge < -0.3 is 9.88 Å². The minimum atomic E-state index is 0.0295. The van der Waals surface area contributed by atoms with Crippen molar-refractivity contribution < 1.29 is 4.79 Å². The summed E-state index contributed by atoms with van der Waals surface area (Å²) in [6.45, 7) is 3.55. The van der Waals surface area contributed by atoms with Crippen molar-refractivity contribution in [1.29, 1.82) is 0 Å². The third-order valence-corrected chi connectivity index (χ3v) is 5.85.